The molecule has 0 aliphatic carbocycles. The number of nitrogens with zero attached hydrogens (tertiary/aromatic N) is 4. The first-order valence-electron chi connectivity index (χ1n) is 28.6. The molecular weight excluding hydrogens is 1110 g/mol. The molecule has 0 radical (unpaired) electrons. The number of imide groups is 1. The molecule has 1 saturated heterocycles. The van der Waals surface area contributed by atoms with E-state index >= 15 is 0 Å². The summed E-state index contributed by atoms with van der Waals surface area (Å²) in [6.45, 7) is 18.9. The van der Waals surface area contributed by atoms with Crippen LogP contribution in [0, 0.1) is 17.8 Å². The second kappa shape index (κ2) is 32.7. The van der Waals surface area contributed by atoms with Crippen LogP contribution in [0.1, 0.15) is 148 Å². The maximum atomic E-state index is 14.5. The van der Waals surface area contributed by atoms with Gasteiger partial charge in [0.2, 0.25) is 35.4 Å². The third-order valence-electron chi connectivity index (χ3n) is 15.1. The molecular formula is C58H86N10O15S. The number of phenolic OH excluding ortho intramolecular Hbond substituents is 1. The Morgan fingerprint density at radius 3 is 2.12 bits per heavy atom. The lowest BCUT2D eigenvalue weighted by atomic mass is 9.92. The zero-order valence-corrected chi connectivity index (χ0v) is 51.0. The molecule has 9 amide bonds. The molecule has 0 spiro atoms. The first kappa shape index (κ1) is 69.2. The molecule has 8 atom stereocenters. The van der Waals surface area contributed by atoms with Crippen molar-refractivity contribution >= 4 is 82.1 Å². The number of hydrogen-bond acceptors (Lipinski definition) is 17. The summed E-state index contributed by atoms with van der Waals surface area (Å²) in [5.41, 5.74) is -0.439. The molecule has 464 valence electrons. The molecule has 8 N–H and O–H groups in total. The summed E-state index contributed by atoms with van der Waals surface area (Å²) in [6.07, 6.45) is 4.34. The first-order chi connectivity index (χ1) is 39.5. The highest BCUT2D eigenvalue weighted by molar-refractivity contribution is 7.09. The van der Waals surface area contributed by atoms with Gasteiger partial charge in [0.25, 0.3) is 17.7 Å². The number of anilines is 1. The van der Waals surface area contributed by atoms with E-state index in [0.29, 0.717) is 18.4 Å². The number of benzene rings is 1. The molecule has 0 saturated carbocycles. The van der Waals surface area contributed by atoms with Crippen molar-refractivity contribution in [3.63, 3.8) is 0 Å². The number of aromatic hydroxyl groups is 1. The third kappa shape index (κ3) is 20.8. The Morgan fingerprint density at radius 1 is 0.845 bits per heavy atom. The Hall–Kier alpha value is -7.32. The van der Waals surface area contributed by atoms with E-state index in [4.69, 9.17) is 9.47 Å². The Morgan fingerprint density at radius 2 is 1.50 bits per heavy atom. The molecule has 2 aromatic rings. The van der Waals surface area contributed by atoms with Crippen LogP contribution in [0.5, 0.6) is 5.75 Å². The number of nitrogens with one attached hydrogen (secondary N) is 6. The van der Waals surface area contributed by atoms with Crippen molar-refractivity contribution in [1.82, 2.24) is 46.3 Å². The lowest BCUT2D eigenvalue weighted by molar-refractivity contribution is -0.149. The number of aliphatic carboxylic acids is 1. The van der Waals surface area contributed by atoms with E-state index in [1.54, 1.807) is 11.9 Å². The van der Waals surface area contributed by atoms with Gasteiger partial charge in [0.1, 0.15) is 34.6 Å². The van der Waals surface area contributed by atoms with Gasteiger partial charge in [-0.15, -0.1) is 11.3 Å². The molecule has 2 aliphatic heterocycles. The number of carboxylic acid groups (broad SMARTS) is 1. The van der Waals surface area contributed by atoms with E-state index < -0.39 is 95.2 Å². The van der Waals surface area contributed by atoms with Gasteiger partial charge in [-0.05, 0) is 102 Å². The van der Waals surface area contributed by atoms with Gasteiger partial charge in [-0.25, -0.2) is 4.98 Å². The number of aromatic nitrogens is 1. The predicted octanol–water partition coefficient (Wildman–Crippen LogP) is 3.36. The van der Waals surface area contributed by atoms with Gasteiger partial charge in [-0.3, -0.25) is 62.5 Å². The molecule has 0 unspecified atom stereocenters. The minimum Gasteiger partial charge on any atom is -0.506 e. The van der Waals surface area contributed by atoms with Crippen molar-refractivity contribution in [2.24, 2.45) is 17.8 Å². The maximum Gasteiger partial charge on any atom is 0.306 e. The van der Waals surface area contributed by atoms with Crippen LogP contribution in [-0.2, 0) is 63.8 Å². The van der Waals surface area contributed by atoms with Crippen LogP contribution < -0.4 is 31.9 Å². The SMILES string of the molecule is CC[C@H](C)[C@H](NC(=O)C(C)(C)N1CCCC1)C(=O)N(C)[C@H](C[C@@H](OC(C)=O)c1nc(C(=O)N[C@@H](Cc2ccc(O)c(NC(=O)[C@H](C)NC(=O)[C@H](C)NC(=O)CCOCCNC(=O)CCCN3C(=O)C=CC3=O)c2)C[C@H](C)C(=O)O)cs1)C(C)C. The number of carbonyl (C=O) groups excluding carboxylic acids is 10. The van der Waals surface area contributed by atoms with E-state index in [9.17, 15) is 63.0 Å². The average Bonchev–Trinajstić information content (AvgIpc) is 3.84. The number of likely N-dealkylation sites (tertiary alicyclic amines) is 1. The molecule has 1 aromatic heterocycles. The number of carbonyl (C=O) groups is 11. The minimum absolute atomic E-state index is 0.0200. The number of hydrogen-bond donors (Lipinski definition) is 8. The molecule has 4 rings (SSSR count). The van der Waals surface area contributed by atoms with Crippen LogP contribution >= 0.6 is 11.3 Å². The summed E-state index contributed by atoms with van der Waals surface area (Å²) in [7, 11) is 1.66. The van der Waals surface area contributed by atoms with Gasteiger partial charge in [-0.1, -0.05) is 47.1 Å². The molecule has 26 heteroatoms. The molecule has 3 heterocycles. The van der Waals surface area contributed by atoms with Gasteiger partial charge in [0.05, 0.1) is 30.4 Å². The second-order valence-electron chi connectivity index (χ2n) is 22.4. The number of carboxylic acids is 1. The van der Waals surface area contributed by atoms with Crippen molar-refractivity contribution in [3.8, 4) is 5.75 Å². The lowest BCUT2D eigenvalue weighted by Gasteiger charge is -2.39. The molecule has 2 aliphatic rings. The standard InChI is InChI=1S/C58H86N10O15S/c1-12-34(4)50(65-57(81)58(9,10)67-23-13-14-24-67)55(78)66(11)43(33(2)3)31-45(83-38(8)69)54-64-42(32-84-54)53(77)62-40(28-35(5)56(79)80)29-39-17-18-44(70)41(30-39)63-52(76)37(7)61-51(75)36(6)60-47(72)21-26-82-27-22-59-46(71)16-15-25-68-48(73)19-20-49(68)74/h17-20,30,32-37,40,43,45,50,70H,12-16,21-29,31H2,1-11H3,(H,59,71)(H,60,72)(H,61,75)(H,62,77)(H,63,76)(H,65,81)(H,79,80)/t34-,35-,36-,37-,40+,43+,45+,50-/m0/s1. The van der Waals surface area contributed by atoms with Crippen LogP contribution in [0.25, 0.3) is 0 Å². The predicted molar refractivity (Wildman–Crippen MR) is 311 cm³/mol. The summed E-state index contributed by atoms with van der Waals surface area (Å²) in [4.78, 5) is 151. The first-order valence-corrected chi connectivity index (χ1v) is 29.5. The Labute approximate surface area is 495 Å². The number of thiazole rings is 1. The Kier molecular flexibility index (Phi) is 26.9. The van der Waals surface area contributed by atoms with Gasteiger partial charge in [0, 0.05) is 75.9 Å². The third-order valence-corrected chi connectivity index (χ3v) is 16.0. The van der Waals surface area contributed by atoms with E-state index in [2.05, 4.69) is 41.8 Å². The fourth-order valence-corrected chi connectivity index (χ4v) is 10.4. The van der Waals surface area contributed by atoms with E-state index in [1.165, 1.54) is 63.4 Å². The van der Waals surface area contributed by atoms with Crippen molar-refractivity contribution in [1.29, 1.82) is 0 Å². The van der Waals surface area contributed by atoms with Crippen LogP contribution in [0.2, 0.25) is 0 Å². The summed E-state index contributed by atoms with van der Waals surface area (Å²) in [5.74, 6) is -7.62. The van der Waals surface area contributed by atoms with Crippen LogP contribution in [-0.4, -0.2) is 177 Å². The summed E-state index contributed by atoms with van der Waals surface area (Å²) >= 11 is 1.07. The Balaban J connectivity index is 1.34. The second-order valence-corrected chi connectivity index (χ2v) is 23.3. The highest BCUT2D eigenvalue weighted by atomic mass is 32.1. The minimum atomic E-state index is -1.16. The van der Waals surface area contributed by atoms with Gasteiger partial charge in [0.15, 0.2) is 6.10 Å². The van der Waals surface area contributed by atoms with Crippen molar-refractivity contribution in [2.75, 3.05) is 51.8 Å². The summed E-state index contributed by atoms with van der Waals surface area (Å²) < 4.78 is 11.2. The van der Waals surface area contributed by atoms with Gasteiger partial charge >= 0.3 is 11.9 Å². The normalized spacial score (nSPS) is 16.4. The van der Waals surface area contributed by atoms with Crippen molar-refractivity contribution in [3.05, 3.63) is 52.0 Å². The van der Waals surface area contributed by atoms with E-state index in [1.807, 2.05) is 41.5 Å². The van der Waals surface area contributed by atoms with Crippen molar-refractivity contribution in [2.45, 2.75) is 169 Å². The van der Waals surface area contributed by atoms with Gasteiger partial charge < -0.3 is 56.5 Å². The number of rotatable bonds is 34. The van der Waals surface area contributed by atoms with Crippen molar-refractivity contribution < 1.29 is 72.4 Å². The monoisotopic (exact) mass is 1190 g/mol. The Bertz CT molecular complexity index is 2690. The number of amides is 9. The fourth-order valence-electron chi connectivity index (χ4n) is 9.61. The van der Waals surface area contributed by atoms with E-state index in [-0.39, 0.29) is 110 Å². The summed E-state index contributed by atoms with van der Waals surface area (Å²) in [6, 6.07) is -0.110. The van der Waals surface area contributed by atoms with Crippen LogP contribution in [0.15, 0.2) is 35.7 Å². The smallest absolute Gasteiger partial charge is 0.306 e. The zero-order valence-electron chi connectivity index (χ0n) is 50.2. The van der Waals surface area contributed by atoms with E-state index in [0.717, 1.165) is 42.2 Å². The van der Waals surface area contributed by atoms with Crippen LogP contribution in [0.4, 0.5) is 5.69 Å². The summed E-state index contributed by atoms with van der Waals surface area (Å²) in [5, 5.41) is 38.6. The maximum absolute atomic E-state index is 14.5. The molecule has 1 fully saturated rings. The number of likely N-dealkylation sites (N-methyl/N-ethyl adjacent to an activating group) is 1. The topological polar surface area (TPSA) is 341 Å². The van der Waals surface area contributed by atoms with Gasteiger partial charge in [-0.2, -0.15) is 0 Å². The number of ether oxygens (including phenoxy) is 2. The highest BCUT2D eigenvalue weighted by Crippen LogP contribution is 2.32. The number of esters is 1. The largest absolute Gasteiger partial charge is 0.506 e. The lowest BCUT2D eigenvalue weighted by Crippen LogP contribution is -2.60. The molecule has 84 heavy (non-hydrogen) atoms. The zero-order chi connectivity index (χ0) is 62.6. The van der Waals surface area contributed by atoms with Crippen LogP contribution in [0.3, 0.4) is 0 Å². The molecule has 0 bridgehead atoms. The highest BCUT2D eigenvalue weighted by Gasteiger charge is 2.41. The number of phenols is 1. The molecule has 25 nitrogen and oxygen atoms in total. The average molecular weight is 1200 g/mol. The quantitative estimate of drug-likeness (QED) is 0.0216. The molecule has 1 aromatic carbocycles. The fraction of sp³-hybridized carbons (Fsp3) is 0.621.